The van der Waals surface area contributed by atoms with Crippen LogP contribution >= 0.6 is 23.2 Å². The first-order valence-corrected chi connectivity index (χ1v) is 14.3. The highest BCUT2D eigenvalue weighted by Gasteiger charge is 2.38. The first-order valence-electron chi connectivity index (χ1n) is 13.6. The third-order valence-corrected chi connectivity index (χ3v) is 7.96. The van der Waals surface area contributed by atoms with Gasteiger partial charge in [0, 0.05) is 37.1 Å². The largest absolute Gasteiger partial charge is 0.444 e. The first-order chi connectivity index (χ1) is 19.1. The minimum absolute atomic E-state index is 0.0869. The van der Waals surface area contributed by atoms with E-state index in [1.807, 2.05) is 68.1 Å². The fourth-order valence-corrected chi connectivity index (χ4v) is 5.35. The van der Waals surface area contributed by atoms with Crippen molar-refractivity contribution in [1.82, 2.24) is 14.8 Å². The molecule has 8 heteroatoms. The fourth-order valence-electron chi connectivity index (χ4n) is 4.97. The smallest absolute Gasteiger partial charge is 0.410 e. The van der Waals surface area contributed by atoms with Gasteiger partial charge >= 0.3 is 6.09 Å². The molecule has 1 saturated carbocycles. The molecular weight excluding hydrogens is 545 g/mol. The van der Waals surface area contributed by atoms with Crippen LogP contribution in [0.1, 0.15) is 51.2 Å². The average Bonchev–Trinajstić information content (AvgIpc) is 3.78. The van der Waals surface area contributed by atoms with Crippen LogP contribution in [0.2, 0.25) is 10.0 Å². The molecule has 0 saturated heterocycles. The quantitative estimate of drug-likeness (QED) is 0.302. The number of hydrogen-bond donors (Lipinski definition) is 0. The van der Waals surface area contributed by atoms with E-state index in [0.717, 1.165) is 40.7 Å². The highest BCUT2D eigenvalue weighted by atomic mass is 35.5. The maximum atomic E-state index is 14.4. The number of ether oxygens (including phenoxy) is 1. The summed E-state index contributed by atoms with van der Waals surface area (Å²) >= 11 is 12.8. The number of pyridine rings is 1. The maximum Gasteiger partial charge on any atom is 0.410 e. The molecule has 1 aliphatic carbocycles. The maximum absolute atomic E-state index is 14.4. The van der Waals surface area contributed by atoms with E-state index < -0.39 is 11.7 Å². The van der Waals surface area contributed by atoms with Gasteiger partial charge in [0.1, 0.15) is 5.60 Å². The number of nitrogens with zero attached hydrogens (tertiary/aromatic N) is 3. The normalized spacial score (nSPS) is 15.7. The zero-order chi connectivity index (χ0) is 28.4. The van der Waals surface area contributed by atoms with Crippen molar-refractivity contribution in [2.75, 3.05) is 13.1 Å². The lowest BCUT2D eigenvalue weighted by atomic mass is 9.90. The molecule has 3 aromatic rings. The molecule has 2 aromatic carbocycles. The van der Waals surface area contributed by atoms with E-state index in [0.29, 0.717) is 35.1 Å². The Morgan fingerprint density at radius 1 is 1.00 bits per heavy atom. The van der Waals surface area contributed by atoms with Gasteiger partial charge in [0.05, 0.1) is 16.6 Å². The van der Waals surface area contributed by atoms with Crippen LogP contribution in [0.4, 0.5) is 4.79 Å². The summed E-state index contributed by atoms with van der Waals surface area (Å²) in [5.74, 6) is -0.0869. The molecule has 0 spiro atoms. The number of carbonyl (C=O) groups excluding carboxylic acids is 2. The Bertz CT molecular complexity index is 1450. The second kappa shape index (κ2) is 11.6. The van der Waals surface area contributed by atoms with Crippen LogP contribution in [0.15, 0.2) is 72.6 Å². The minimum atomic E-state index is -0.631. The van der Waals surface area contributed by atoms with E-state index >= 15 is 0 Å². The third kappa shape index (κ3) is 6.51. The lowest BCUT2D eigenvalue weighted by Crippen LogP contribution is -2.44. The Morgan fingerprint density at radius 2 is 1.70 bits per heavy atom. The summed E-state index contributed by atoms with van der Waals surface area (Å²) in [5.41, 5.74) is 4.78. The summed E-state index contributed by atoms with van der Waals surface area (Å²) in [6, 6.07) is 17.7. The van der Waals surface area contributed by atoms with Crippen molar-refractivity contribution in [3.05, 3.63) is 93.7 Å². The molecular formula is C32H33Cl2N3O3. The zero-order valence-electron chi connectivity index (χ0n) is 23.0. The monoisotopic (exact) mass is 577 g/mol. The van der Waals surface area contributed by atoms with Crippen LogP contribution in [-0.4, -0.2) is 51.5 Å². The summed E-state index contributed by atoms with van der Waals surface area (Å²) in [6.07, 6.45) is 5.52. The van der Waals surface area contributed by atoms with Gasteiger partial charge in [-0.2, -0.15) is 0 Å². The fraction of sp³-hybridized carbons (Fsp3) is 0.344. The number of aromatic nitrogens is 1. The van der Waals surface area contributed by atoms with Crippen molar-refractivity contribution >= 4 is 40.8 Å². The lowest BCUT2D eigenvalue weighted by molar-refractivity contribution is -0.128. The zero-order valence-corrected chi connectivity index (χ0v) is 24.5. The van der Waals surface area contributed by atoms with Crippen LogP contribution in [-0.2, 0) is 16.1 Å². The minimum Gasteiger partial charge on any atom is -0.444 e. The van der Waals surface area contributed by atoms with E-state index in [1.54, 1.807) is 23.4 Å². The number of hydrogen-bond acceptors (Lipinski definition) is 4. The van der Waals surface area contributed by atoms with Crippen molar-refractivity contribution in [2.45, 2.75) is 58.2 Å². The van der Waals surface area contributed by atoms with Crippen LogP contribution in [0.5, 0.6) is 0 Å². The molecule has 5 rings (SSSR count). The van der Waals surface area contributed by atoms with Crippen molar-refractivity contribution in [3.63, 3.8) is 0 Å². The second-order valence-electron chi connectivity index (χ2n) is 11.3. The lowest BCUT2D eigenvalue weighted by Gasteiger charge is -2.34. The molecule has 0 unspecified atom stereocenters. The van der Waals surface area contributed by atoms with Gasteiger partial charge < -0.3 is 14.5 Å². The van der Waals surface area contributed by atoms with Crippen molar-refractivity contribution in [2.24, 2.45) is 0 Å². The van der Waals surface area contributed by atoms with E-state index in [1.165, 1.54) is 0 Å². The average molecular weight is 579 g/mol. The second-order valence-corrected chi connectivity index (χ2v) is 12.1. The summed E-state index contributed by atoms with van der Waals surface area (Å²) < 4.78 is 5.67. The van der Waals surface area contributed by atoms with Gasteiger partial charge in [0.2, 0.25) is 0 Å². The molecule has 1 aliphatic heterocycles. The summed E-state index contributed by atoms with van der Waals surface area (Å²) in [5, 5.41) is 0.921. The van der Waals surface area contributed by atoms with Crippen molar-refractivity contribution in [3.8, 4) is 11.1 Å². The van der Waals surface area contributed by atoms with E-state index in [9.17, 15) is 9.59 Å². The number of benzene rings is 2. The third-order valence-electron chi connectivity index (χ3n) is 7.10. The molecule has 208 valence electrons. The summed E-state index contributed by atoms with van der Waals surface area (Å²) in [4.78, 5) is 35.1. The standard InChI is InChI=1S/C32H33Cl2N3O3/c1-32(2,3)40-31(39)36-17-14-26(23-7-4-6-22(18-23)21-12-15-35-16-13-21)27(20-36)30(38)37(25-10-11-25)19-24-8-5-9-28(33)29(24)34/h4-9,12-13,15-16,18,25H,10-11,14,17,19-20H2,1-3H3. The SMILES string of the molecule is CC(C)(C)OC(=O)N1CCC(c2cccc(-c3ccncc3)c2)=C(C(=O)N(Cc2cccc(Cl)c2Cl)C2CC2)C1. The van der Waals surface area contributed by atoms with Crippen molar-refractivity contribution in [1.29, 1.82) is 0 Å². The summed E-state index contributed by atoms with van der Waals surface area (Å²) in [7, 11) is 0. The molecule has 1 aromatic heterocycles. The van der Waals surface area contributed by atoms with Gasteiger partial charge in [-0.05, 0) is 92.1 Å². The molecule has 6 nitrogen and oxygen atoms in total. The van der Waals surface area contributed by atoms with Crippen LogP contribution < -0.4 is 0 Å². The van der Waals surface area contributed by atoms with Crippen LogP contribution in [0.3, 0.4) is 0 Å². The Hall–Kier alpha value is -3.35. The molecule has 0 atom stereocenters. The molecule has 0 N–H and O–H groups in total. The molecule has 0 bridgehead atoms. The molecule has 1 fully saturated rings. The topological polar surface area (TPSA) is 62.7 Å². The van der Waals surface area contributed by atoms with E-state index in [2.05, 4.69) is 11.1 Å². The van der Waals surface area contributed by atoms with Gasteiger partial charge in [0.25, 0.3) is 5.91 Å². The highest BCUT2D eigenvalue weighted by Crippen LogP contribution is 2.37. The Kier molecular flexibility index (Phi) is 8.20. The van der Waals surface area contributed by atoms with Gasteiger partial charge in [-0.15, -0.1) is 0 Å². The van der Waals surface area contributed by atoms with Crippen LogP contribution in [0.25, 0.3) is 16.7 Å². The van der Waals surface area contributed by atoms with E-state index in [-0.39, 0.29) is 18.5 Å². The first kappa shape index (κ1) is 28.2. The van der Waals surface area contributed by atoms with Gasteiger partial charge in [-0.1, -0.05) is 53.5 Å². The summed E-state index contributed by atoms with van der Waals surface area (Å²) in [6.45, 7) is 6.52. The number of rotatable bonds is 6. The number of amides is 2. The highest BCUT2D eigenvalue weighted by molar-refractivity contribution is 6.42. The Morgan fingerprint density at radius 3 is 2.40 bits per heavy atom. The van der Waals surface area contributed by atoms with Gasteiger partial charge in [0.15, 0.2) is 0 Å². The number of halogens is 2. The predicted octanol–water partition coefficient (Wildman–Crippen LogP) is 7.64. The Balaban J connectivity index is 1.54. The van der Waals surface area contributed by atoms with E-state index in [4.69, 9.17) is 27.9 Å². The molecule has 40 heavy (non-hydrogen) atoms. The number of carbonyl (C=O) groups is 2. The predicted molar refractivity (Wildman–Crippen MR) is 159 cm³/mol. The van der Waals surface area contributed by atoms with Gasteiger partial charge in [-0.3, -0.25) is 9.78 Å². The molecule has 2 amide bonds. The molecule has 0 radical (unpaired) electrons. The van der Waals surface area contributed by atoms with Crippen LogP contribution in [0, 0.1) is 0 Å². The van der Waals surface area contributed by atoms with Crippen molar-refractivity contribution < 1.29 is 14.3 Å². The van der Waals surface area contributed by atoms with Gasteiger partial charge in [-0.25, -0.2) is 4.79 Å². The Labute approximate surface area is 245 Å². The molecule has 2 aliphatic rings. The molecule has 2 heterocycles.